The van der Waals surface area contributed by atoms with Gasteiger partial charge in [-0.3, -0.25) is 4.79 Å². The van der Waals surface area contributed by atoms with Crippen LogP contribution in [0.4, 0.5) is 4.39 Å². The lowest BCUT2D eigenvalue weighted by molar-refractivity contribution is -0.122. The summed E-state index contributed by atoms with van der Waals surface area (Å²) in [7, 11) is 0. The van der Waals surface area contributed by atoms with Gasteiger partial charge in [0.1, 0.15) is 24.1 Å². The molecular weight excluding hydrogens is 277 g/mol. The summed E-state index contributed by atoms with van der Waals surface area (Å²) >= 11 is 0. The van der Waals surface area contributed by atoms with Gasteiger partial charge >= 0.3 is 0 Å². The first kappa shape index (κ1) is 14.4. The number of aryl methyl sites for hydroxylation is 1. The summed E-state index contributed by atoms with van der Waals surface area (Å²) in [5.74, 6) is -0.464. The number of aliphatic hydroxyl groups excluding tert-OH is 1. The highest BCUT2D eigenvalue weighted by Gasteiger charge is 2.47. The monoisotopic (exact) mass is 295 g/mol. The highest BCUT2D eigenvalue weighted by Crippen LogP contribution is 2.27. The standard InChI is InChI=1S/C15H18FNO4/c16-10-4-2-1-3-9(10)5-6-13(19)17-11-7-20-15-12(18)8-21-14(11)15/h1-4,11-12,14-15,18H,5-8H2,(H,17,19)/t11-,12+,14+,15+/m0/s1. The maximum atomic E-state index is 13.5. The molecule has 1 aromatic rings. The number of fused-ring (bicyclic) bond motifs is 1. The molecule has 2 aliphatic rings. The molecule has 0 saturated carbocycles. The summed E-state index contributed by atoms with van der Waals surface area (Å²) in [6, 6.07) is 6.18. The van der Waals surface area contributed by atoms with Gasteiger partial charge in [0.2, 0.25) is 5.91 Å². The molecule has 2 aliphatic heterocycles. The molecule has 6 heteroatoms. The lowest BCUT2D eigenvalue weighted by atomic mass is 10.1. The van der Waals surface area contributed by atoms with Crippen molar-refractivity contribution in [2.45, 2.75) is 37.2 Å². The van der Waals surface area contributed by atoms with E-state index in [1.807, 2.05) is 0 Å². The van der Waals surface area contributed by atoms with Gasteiger partial charge in [-0.2, -0.15) is 0 Å². The zero-order valence-electron chi connectivity index (χ0n) is 11.5. The largest absolute Gasteiger partial charge is 0.388 e. The molecular formula is C15H18FNO4. The minimum absolute atomic E-state index is 0.169. The van der Waals surface area contributed by atoms with Crippen molar-refractivity contribution >= 4 is 5.91 Å². The minimum Gasteiger partial charge on any atom is -0.388 e. The summed E-state index contributed by atoms with van der Waals surface area (Å²) in [6.07, 6.45) is -0.726. The Kier molecular flexibility index (Phi) is 4.19. The molecule has 114 valence electrons. The number of halogens is 1. The van der Waals surface area contributed by atoms with E-state index in [1.54, 1.807) is 18.2 Å². The Bertz CT molecular complexity index is 524. The lowest BCUT2D eigenvalue weighted by Crippen LogP contribution is -2.44. The van der Waals surface area contributed by atoms with Crippen LogP contribution in [-0.4, -0.2) is 48.6 Å². The fraction of sp³-hybridized carbons (Fsp3) is 0.533. The highest BCUT2D eigenvalue weighted by atomic mass is 19.1. The van der Waals surface area contributed by atoms with Crippen molar-refractivity contribution in [2.24, 2.45) is 0 Å². The SMILES string of the molecule is O=C(CCc1ccccc1F)N[C@H]1CO[C@H]2[C@@H]1OC[C@H]2O. The van der Waals surface area contributed by atoms with Gasteiger partial charge in [-0.15, -0.1) is 0 Å². The van der Waals surface area contributed by atoms with Gasteiger partial charge in [0.05, 0.1) is 19.3 Å². The van der Waals surface area contributed by atoms with E-state index >= 15 is 0 Å². The van der Waals surface area contributed by atoms with Crippen LogP contribution in [-0.2, 0) is 20.7 Å². The van der Waals surface area contributed by atoms with Crippen LogP contribution in [0.1, 0.15) is 12.0 Å². The quantitative estimate of drug-likeness (QED) is 0.844. The van der Waals surface area contributed by atoms with Gasteiger partial charge in [-0.05, 0) is 18.1 Å². The fourth-order valence-electron chi connectivity index (χ4n) is 2.83. The molecule has 0 aliphatic carbocycles. The zero-order valence-corrected chi connectivity index (χ0v) is 11.5. The fourth-order valence-corrected chi connectivity index (χ4v) is 2.83. The van der Waals surface area contributed by atoms with Crippen LogP contribution < -0.4 is 5.32 Å². The van der Waals surface area contributed by atoms with Crippen molar-refractivity contribution in [3.8, 4) is 0 Å². The average molecular weight is 295 g/mol. The molecule has 4 atom stereocenters. The van der Waals surface area contributed by atoms with E-state index in [4.69, 9.17) is 9.47 Å². The Balaban J connectivity index is 1.50. The molecule has 0 aromatic heterocycles. The number of benzene rings is 1. The van der Waals surface area contributed by atoms with Gasteiger partial charge < -0.3 is 19.9 Å². The maximum Gasteiger partial charge on any atom is 0.220 e. The topological polar surface area (TPSA) is 67.8 Å². The molecule has 2 N–H and O–H groups in total. The number of ether oxygens (including phenoxy) is 2. The summed E-state index contributed by atoms with van der Waals surface area (Å²) < 4.78 is 24.3. The van der Waals surface area contributed by atoms with Gasteiger partial charge in [-0.25, -0.2) is 4.39 Å². The van der Waals surface area contributed by atoms with Crippen molar-refractivity contribution < 1.29 is 23.8 Å². The van der Waals surface area contributed by atoms with E-state index in [2.05, 4.69) is 5.32 Å². The van der Waals surface area contributed by atoms with E-state index in [0.29, 0.717) is 18.6 Å². The van der Waals surface area contributed by atoms with E-state index in [1.165, 1.54) is 6.07 Å². The van der Waals surface area contributed by atoms with Crippen LogP contribution in [0.15, 0.2) is 24.3 Å². The first-order chi connectivity index (χ1) is 10.1. The third-order valence-electron chi connectivity index (χ3n) is 3.95. The van der Waals surface area contributed by atoms with Crippen molar-refractivity contribution in [3.05, 3.63) is 35.6 Å². The summed E-state index contributed by atoms with van der Waals surface area (Å²) in [4.78, 5) is 11.9. The Hall–Kier alpha value is -1.50. The number of amides is 1. The normalized spacial score (nSPS) is 31.1. The van der Waals surface area contributed by atoms with Crippen molar-refractivity contribution in [2.75, 3.05) is 13.2 Å². The first-order valence-electron chi connectivity index (χ1n) is 7.09. The molecule has 21 heavy (non-hydrogen) atoms. The second kappa shape index (κ2) is 6.09. The van der Waals surface area contributed by atoms with Gasteiger partial charge in [0.15, 0.2) is 0 Å². The zero-order chi connectivity index (χ0) is 14.8. The van der Waals surface area contributed by atoms with E-state index in [0.717, 1.165) is 0 Å². The van der Waals surface area contributed by atoms with Crippen LogP contribution in [0.3, 0.4) is 0 Å². The van der Waals surface area contributed by atoms with E-state index < -0.39 is 6.10 Å². The Morgan fingerprint density at radius 1 is 1.29 bits per heavy atom. The highest BCUT2D eigenvalue weighted by molar-refractivity contribution is 5.76. The number of hydrogen-bond acceptors (Lipinski definition) is 4. The summed E-state index contributed by atoms with van der Waals surface area (Å²) in [5.41, 5.74) is 0.528. The molecule has 0 radical (unpaired) electrons. The predicted octanol–water partition coefficient (Wildman–Crippen LogP) is 0.402. The second-order valence-corrected chi connectivity index (χ2v) is 5.43. The number of nitrogens with one attached hydrogen (secondary N) is 1. The lowest BCUT2D eigenvalue weighted by Gasteiger charge is -2.17. The molecule has 0 spiro atoms. The number of hydrogen-bond donors (Lipinski definition) is 2. The van der Waals surface area contributed by atoms with E-state index in [9.17, 15) is 14.3 Å². The predicted molar refractivity (Wildman–Crippen MR) is 72.1 cm³/mol. The number of carbonyl (C=O) groups is 1. The molecule has 2 saturated heterocycles. The van der Waals surface area contributed by atoms with Crippen LogP contribution in [0.25, 0.3) is 0 Å². The average Bonchev–Trinajstić information content (AvgIpc) is 3.03. The van der Waals surface area contributed by atoms with Crippen molar-refractivity contribution in [3.63, 3.8) is 0 Å². The van der Waals surface area contributed by atoms with Crippen molar-refractivity contribution in [1.29, 1.82) is 0 Å². The van der Waals surface area contributed by atoms with Gasteiger partial charge in [0, 0.05) is 6.42 Å². The minimum atomic E-state index is -0.629. The summed E-state index contributed by atoms with van der Waals surface area (Å²) in [5, 5.41) is 12.5. The van der Waals surface area contributed by atoms with Crippen LogP contribution in [0.2, 0.25) is 0 Å². The molecule has 3 rings (SSSR count). The molecule has 1 amide bonds. The van der Waals surface area contributed by atoms with Crippen LogP contribution in [0.5, 0.6) is 0 Å². The molecule has 0 unspecified atom stereocenters. The smallest absolute Gasteiger partial charge is 0.220 e. The third kappa shape index (κ3) is 3.07. The Morgan fingerprint density at radius 3 is 2.86 bits per heavy atom. The molecule has 0 bridgehead atoms. The van der Waals surface area contributed by atoms with Crippen LogP contribution >= 0.6 is 0 Å². The summed E-state index contributed by atoms with van der Waals surface area (Å²) in [6.45, 7) is 0.564. The Labute approximate surface area is 122 Å². The van der Waals surface area contributed by atoms with Crippen LogP contribution in [0, 0.1) is 5.82 Å². The second-order valence-electron chi connectivity index (χ2n) is 5.43. The number of carbonyl (C=O) groups excluding carboxylic acids is 1. The number of rotatable bonds is 4. The third-order valence-corrected chi connectivity index (χ3v) is 3.95. The van der Waals surface area contributed by atoms with E-state index in [-0.39, 0.29) is 43.0 Å². The number of aliphatic hydroxyl groups is 1. The van der Waals surface area contributed by atoms with Gasteiger partial charge in [0.25, 0.3) is 0 Å². The van der Waals surface area contributed by atoms with Gasteiger partial charge in [-0.1, -0.05) is 18.2 Å². The van der Waals surface area contributed by atoms with Crippen molar-refractivity contribution in [1.82, 2.24) is 5.32 Å². The molecule has 2 heterocycles. The maximum absolute atomic E-state index is 13.5. The Morgan fingerprint density at radius 2 is 2.05 bits per heavy atom. The molecule has 1 aromatic carbocycles. The molecule has 2 fully saturated rings. The molecule has 5 nitrogen and oxygen atoms in total. The first-order valence-corrected chi connectivity index (χ1v) is 7.09.